The Morgan fingerprint density at radius 2 is 1.84 bits per heavy atom. The van der Waals surface area contributed by atoms with Crippen molar-refractivity contribution >= 4 is 11.8 Å². The Kier molecular flexibility index (Phi) is 7.80. The maximum atomic E-state index is 13.1. The predicted molar refractivity (Wildman–Crippen MR) is 127 cm³/mol. The monoisotopic (exact) mass is 518 g/mol. The first kappa shape index (κ1) is 26.2. The van der Waals surface area contributed by atoms with Gasteiger partial charge in [-0.15, -0.1) is 0 Å². The Labute approximate surface area is 210 Å². The van der Waals surface area contributed by atoms with Crippen molar-refractivity contribution < 1.29 is 31.9 Å². The van der Waals surface area contributed by atoms with E-state index in [-0.39, 0.29) is 35.7 Å². The summed E-state index contributed by atoms with van der Waals surface area (Å²) in [6.07, 6.45) is -3.67. The van der Waals surface area contributed by atoms with Gasteiger partial charge in [0, 0.05) is 44.0 Å². The molecule has 1 saturated heterocycles. The molecule has 7 nitrogen and oxygen atoms in total. The van der Waals surface area contributed by atoms with Gasteiger partial charge in [0.05, 0.1) is 11.3 Å². The number of piperidine rings is 1. The molecule has 3 aromatic rings. The molecule has 0 spiro atoms. The second kappa shape index (κ2) is 11.0. The summed E-state index contributed by atoms with van der Waals surface area (Å²) >= 11 is 0. The SMILES string of the molecule is CC(CC(=O)N1CCC(Oc2cccc(C(F)(F)F)c2)CC1)NC(=O)c1cc(-c2ccc(F)cc2)n[nH]1. The minimum Gasteiger partial charge on any atom is -0.490 e. The molecule has 0 saturated carbocycles. The summed E-state index contributed by atoms with van der Waals surface area (Å²) in [7, 11) is 0. The smallest absolute Gasteiger partial charge is 0.416 e. The summed E-state index contributed by atoms with van der Waals surface area (Å²) in [4.78, 5) is 26.9. The maximum Gasteiger partial charge on any atom is 0.416 e. The summed E-state index contributed by atoms with van der Waals surface area (Å²) in [6.45, 7) is 2.53. The second-order valence-electron chi connectivity index (χ2n) is 8.98. The van der Waals surface area contributed by atoms with Crippen LogP contribution in [0.25, 0.3) is 11.3 Å². The lowest BCUT2D eigenvalue weighted by Gasteiger charge is -2.33. The van der Waals surface area contributed by atoms with Gasteiger partial charge < -0.3 is 15.0 Å². The van der Waals surface area contributed by atoms with Crippen molar-refractivity contribution in [2.75, 3.05) is 13.1 Å². The average molecular weight is 519 g/mol. The zero-order valence-corrected chi connectivity index (χ0v) is 20.0. The third-order valence-corrected chi connectivity index (χ3v) is 6.08. The van der Waals surface area contributed by atoms with Gasteiger partial charge in [0.1, 0.15) is 23.4 Å². The molecule has 1 aliphatic heterocycles. The van der Waals surface area contributed by atoms with E-state index in [0.29, 0.717) is 37.2 Å². The van der Waals surface area contributed by atoms with E-state index in [1.807, 2.05) is 0 Å². The standard InChI is InChI=1S/C26H26F4N4O3/c1-16(31-25(36)23-15-22(32-33-23)17-5-7-19(27)8-6-17)13-24(35)34-11-9-20(10-12-34)37-21-4-2-3-18(14-21)26(28,29)30/h2-8,14-16,20H,9-13H2,1H3,(H,31,36)(H,32,33). The molecule has 37 heavy (non-hydrogen) atoms. The van der Waals surface area contributed by atoms with Gasteiger partial charge in [-0.25, -0.2) is 4.39 Å². The van der Waals surface area contributed by atoms with Crippen molar-refractivity contribution in [2.24, 2.45) is 0 Å². The highest BCUT2D eigenvalue weighted by atomic mass is 19.4. The lowest BCUT2D eigenvalue weighted by atomic mass is 10.1. The van der Waals surface area contributed by atoms with Crippen LogP contribution in [0.2, 0.25) is 0 Å². The second-order valence-corrected chi connectivity index (χ2v) is 8.98. The highest BCUT2D eigenvalue weighted by Gasteiger charge is 2.31. The molecule has 0 aliphatic carbocycles. The van der Waals surface area contributed by atoms with Crippen molar-refractivity contribution in [3.8, 4) is 17.0 Å². The molecule has 1 aliphatic rings. The summed E-state index contributed by atoms with van der Waals surface area (Å²) in [5.41, 5.74) is 0.589. The number of amides is 2. The van der Waals surface area contributed by atoms with Crippen molar-refractivity contribution in [1.29, 1.82) is 0 Å². The largest absolute Gasteiger partial charge is 0.490 e. The zero-order valence-electron chi connectivity index (χ0n) is 20.0. The number of likely N-dealkylation sites (tertiary alicyclic amines) is 1. The van der Waals surface area contributed by atoms with Crippen molar-refractivity contribution in [3.05, 3.63) is 71.7 Å². The first-order chi connectivity index (χ1) is 17.6. The molecule has 4 rings (SSSR count). The number of halogens is 4. The van der Waals surface area contributed by atoms with E-state index in [1.54, 1.807) is 30.0 Å². The molecule has 1 unspecified atom stereocenters. The Morgan fingerprint density at radius 1 is 1.14 bits per heavy atom. The van der Waals surface area contributed by atoms with Gasteiger partial charge in [-0.05, 0) is 55.5 Å². The minimum absolute atomic E-state index is 0.0872. The average Bonchev–Trinajstić information content (AvgIpc) is 3.35. The van der Waals surface area contributed by atoms with Gasteiger partial charge in [0.15, 0.2) is 0 Å². The van der Waals surface area contributed by atoms with Crippen LogP contribution in [0.5, 0.6) is 5.75 Å². The predicted octanol–water partition coefficient (Wildman–Crippen LogP) is 4.81. The fraction of sp³-hybridized carbons (Fsp3) is 0.346. The first-order valence-corrected chi connectivity index (χ1v) is 11.8. The van der Waals surface area contributed by atoms with Gasteiger partial charge in [-0.2, -0.15) is 18.3 Å². The third-order valence-electron chi connectivity index (χ3n) is 6.08. The van der Waals surface area contributed by atoms with E-state index in [4.69, 9.17) is 4.74 Å². The number of carbonyl (C=O) groups excluding carboxylic acids is 2. The lowest BCUT2D eigenvalue weighted by Crippen LogP contribution is -2.44. The van der Waals surface area contributed by atoms with E-state index in [0.717, 1.165) is 12.1 Å². The number of hydrogen-bond acceptors (Lipinski definition) is 4. The zero-order chi connectivity index (χ0) is 26.6. The van der Waals surface area contributed by atoms with E-state index >= 15 is 0 Å². The molecule has 0 bridgehead atoms. The van der Waals surface area contributed by atoms with Crippen LogP contribution in [-0.4, -0.2) is 52.1 Å². The Hall–Kier alpha value is -3.89. The van der Waals surface area contributed by atoms with E-state index in [1.165, 1.54) is 24.3 Å². The summed E-state index contributed by atoms with van der Waals surface area (Å²) in [5.74, 6) is -0.781. The summed E-state index contributed by atoms with van der Waals surface area (Å²) in [5, 5.41) is 9.50. The van der Waals surface area contributed by atoms with Gasteiger partial charge in [0.25, 0.3) is 5.91 Å². The van der Waals surface area contributed by atoms with Crippen LogP contribution in [-0.2, 0) is 11.0 Å². The lowest BCUT2D eigenvalue weighted by molar-refractivity contribution is -0.138. The fourth-order valence-electron chi connectivity index (χ4n) is 4.11. The number of nitrogens with zero attached hydrogens (tertiary/aromatic N) is 2. The molecule has 1 aromatic heterocycles. The van der Waals surface area contributed by atoms with Crippen molar-refractivity contribution in [2.45, 2.75) is 44.5 Å². The van der Waals surface area contributed by atoms with Gasteiger partial charge in [-0.3, -0.25) is 14.7 Å². The number of carbonyl (C=O) groups is 2. The number of alkyl halides is 3. The van der Waals surface area contributed by atoms with Crippen molar-refractivity contribution in [1.82, 2.24) is 20.4 Å². The van der Waals surface area contributed by atoms with Crippen molar-refractivity contribution in [3.63, 3.8) is 0 Å². The number of aromatic amines is 1. The van der Waals surface area contributed by atoms with E-state index < -0.39 is 23.7 Å². The Bertz CT molecular complexity index is 1240. The maximum absolute atomic E-state index is 13.1. The number of hydrogen-bond donors (Lipinski definition) is 2. The molecule has 2 aromatic carbocycles. The topological polar surface area (TPSA) is 87.3 Å². The van der Waals surface area contributed by atoms with Crippen LogP contribution in [0, 0.1) is 5.82 Å². The molecular weight excluding hydrogens is 492 g/mol. The number of H-pyrrole nitrogens is 1. The Morgan fingerprint density at radius 3 is 2.51 bits per heavy atom. The number of nitrogens with one attached hydrogen (secondary N) is 2. The third kappa shape index (κ3) is 6.87. The van der Waals surface area contributed by atoms with E-state index in [2.05, 4.69) is 15.5 Å². The number of rotatable bonds is 7. The first-order valence-electron chi connectivity index (χ1n) is 11.8. The number of aromatic nitrogens is 2. The molecule has 2 N–H and O–H groups in total. The van der Waals surface area contributed by atoms with Crippen LogP contribution < -0.4 is 10.1 Å². The van der Waals surface area contributed by atoms with Gasteiger partial charge in [0.2, 0.25) is 5.91 Å². The van der Waals surface area contributed by atoms with Gasteiger partial charge >= 0.3 is 6.18 Å². The number of benzene rings is 2. The molecule has 1 atom stereocenters. The molecule has 196 valence electrons. The fourth-order valence-corrected chi connectivity index (χ4v) is 4.11. The minimum atomic E-state index is -4.44. The molecule has 0 radical (unpaired) electrons. The van der Waals surface area contributed by atoms with Crippen LogP contribution in [0.4, 0.5) is 17.6 Å². The Balaban J connectivity index is 1.23. The number of ether oxygens (including phenoxy) is 1. The molecule has 1 fully saturated rings. The summed E-state index contributed by atoms with van der Waals surface area (Å²) < 4.78 is 57.6. The van der Waals surface area contributed by atoms with E-state index in [9.17, 15) is 27.2 Å². The van der Waals surface area contributed by atoms with Crippen LogP contribution >= 0.6 is 0 Å². The van der Waals surface area contributed by atoms with Crippen LogP contribution in [0.15, 0.2) is 54.6 Å². The van der Waals surface area contributed by atoms with Gasteiger partial charge in [-0.1, -0.05) is 6.07 Å². The highest BCUT2D eigenvalue weighted by Crippen LogP contribution is 2.32. The molecule has 2 amide bonds. The highest BCUT2D eigenvalue weighted by molar-refractivity contribution is 5.93. The molecule has 11 heteroatoms. The quantitative estimate of drug-likeness (QED) is 0.440. The molecule has 2 heterocycles. The molecular formula is C26H26F4N4O3. The normalized spacial score (nSPS) is 15.3. The van der Waals surface area contributed by atoms with Crippen LogP contribution in [0.1, 0.15) is 42.2 Å². The summed E-state index contributed by atoms with van der Waals surface area (Å²) in [6, 6.07) is 11.6. The van der Waals surface area contributed by atoms with Crippen LogP contribution in [0.3, 0.4) is 0 Å².